The number of aryl methyl sites for hydroxylation is 1. The maximum atomic E-state index is 12.3. The standard InChI is InChI=1S/C19H26N4O/c1-14-10-21-23(12-14)13-15(2)20-11-18(24)22-19(17-8-9-17)16-6-4-3-5-7-16/h3-7,10,12,15,17,19-20H,8-9,11,13H2,1-2H3,(H,22,24). The molecule has 1 aromatic carbocycles. The lowest BCUT2D eigenvalue weighted by Crippen LogP contribution is -2.41. The fourth-order valence-electron chi connectivity index (χ4n) is 2.97. The van der Waals surface area contributed by atoms with Crippen molar-refractivity contribution in [3.63, 3.8) is 0 Å². The Morgan fingerprint density at radius 1 is 1.33 bits per heavy atom. The molecule has 1 saturated carbocycles. The van der Waals surface area contributed by atoms with E-state index in [-0.39, 0.29) is 18.0 Å². The molecule has 5 nitrogen and oxygen atoms in total. The molecule has 0 bridgehead atoms. The molecule has 24 heavy (non-hydrogen) atoms. The second-order valence-electron chi connectivity index (χ2n) is 6.81. The first-order chi connectivity index (χ1) is 11.6. The van der Waals surface area contributed by atoms with Gasteiger partial charge in [-0.15, -0.1) is 0 Å². The van der Waals surface area contributed by atoms with Gasteiger partial charge in [0.05, 0.1) is 25.3 Å². The van der Waals surface area contributed by atoms with Crippen LogP contribution in [0.4, 0.5) is 0 Å². The summed E-state index contributed by atoms with van der Waals surface area (Å²) in [7, 11) is 0. The number of rotatable bonds is 8. The van der Waals surface area contributed by atoms with E-state index in [0.717, 1.165) is 12.1 Å². The molecule has 1 heterocycles. The highest BCUT2D eigenvalue weighted by Crippen LogP contribution is 2.40. The van der Waals surface area contributed by atoms with E-state index in [9.17, 15) is 4.79 Å². The van der Waals surface area contributed by atoms with Gasteiger partial charge in [0.2, 0.25) is 5.91 Å². The first kappa shape index (κ1) is 16.7. The van der Waals surface area contributed by atoms with Gasteiger partial charge in [-0.25, -0.2) is 0 Å². The molecule has 2 atom stereocenters. The van der Waals surface area contributed by atoms with Gasteiger partial charge < -0.3 is 10.6 Å². The minimum Gasteiger partial charge on any atom is -0.348 e. The van der Waals surface area contributed by atoms with Crippen molar-refractivity contribution < 1.29 is 4.79 Å². The van der Waals surface area contributed by atoms with Crippen LogP contribution in [-0.4, -0.2) is 28.3 Å². The summed E-state index contributed by atoms with van der Waals surface area (Å²) in [5.74, 6) is 0.639. The number of benzene rings is 1. The van der Waals surface area contributed by atoms with Gasteiger partial charge in [0.25, 0.3) is 0 Å². The summed E-state index contributed by atoms with van der Waals surface area (Å²) in [4.78, 5) is 12.3. The first-order valence-corrected chi connectivity index (χ1v) is 8.68. The highest BCUT2D eigenvalue weighted by Gasteiger charge is 2.33. The van der Waals surface area contributed by atoms with Crippen LogP contribution >= 0.6 is 0 Å². The molecule has 1 aromatic heterocycles. The summed E-state index contributed by atoms with van der Waals surface area (Å²) in [5, 5.41) is 10.8. The van der Waals surface area contributed by atoms with Crippen LogP contribution in [0.1, 0.15) is 36.9 Å². The van der Waals surface area contributed by atoms with Crippen LogP contribution in [0.5, 0.6) is 0 Å². The Bertz CT molecular complexity index is 663. The maximum Gasteiger partial charge on any atom is 0.234 e. The third kappa shape index (κ3) is 4.68. The highest BCUT2D eigenvalue weighted by molar-refractivity contribution is 5.78. The lowest BCUT2D eigenvalue weighted by molar-refractivity contribution is -0.121. The average Bonchev–Trinajstić information content (AvgIpc) is 3.34. The molecule has 128 valence electrons. The van der Waals surface area contributed by atoms with Crippen molar-refractivity contribution in [1.29, 1.82) is 0 Å². The summed E-state index contributed by atoms with van der Waals surface area (Å²) in [6.07, 6.45) is 6.25. The third-order valence-corrected chi connectivity index (χ3v) is 4.40. The highest BCUT2D eigenvalue weighted by atomic mass is 16.2. The number of amides is 1. The molecule has 2 unspecified atom stereocenters. The number of hydrogen-bond acceptors (Lipinski definition) is 3. The maximum absolute atomic E-state index is 12.3. The molecule has 0 aliphatic heterocycles. The van der Waals surface area contributed by atoms with Crippen molar-refractivity contribution in [1.82, 2.24) is 20.4 Å². The van der Waals surface area contributed by atoms with E-state index in [4.69, 9.17) is 0 Å². The summed E-state index contributed by atoms with van der Waals surface area (Å²) in [6.45, 7) is 5.18. The Hall–Kier alpha value is -2.14. The predicted molar refractivity (Wildman–Crippen MR) is 94.5 cm³/mol. The molecule has 0 saturated heterocycles. The number of carbonyl (C=O) groups is 1. The van der Waals surface area contributed by atoms with Gasteiger partial charge in [0.1, 0.15) is 0 Å². The van der Waals surface area contributed by atoms with E-state index < -0.39 is 0 Å². The van der Waals surface area contributed by atoms with Crippen molar-refractivity contribution in [3.8, 4) is 0 Å². The van der Waals surface area contributed by atoms with Crippen LogP contribution in [0.2, 0.25) is 0 Å². The van der Waals surface area contributed by atoms with Crippen molar-refractivity contribution >= 4 is 5.91 Å². The lowest BCUT2D eigenvalue weighted by atomic mass is 10.0. The Labute approximate surface area is 143 Å². The van der Waals surface area contributed by atoms with E-state index in [2.05, 4.69) is 34.8 Å². The van der Waals surface area contributed by atoms with Gasteiger partial charge in [-0.3, -0.25) is 9.48 Å². The molecule has 5 heteroatoms. The smallest absolute Gasteiger partial charge is 0.234 e. The zero-order chi connectivity index (χ0) is 16.9. The summed E-state index contributed by atoms with van der Waals surface area (Å²) in [6, 6.07) is 10.6. The molecule has 2 aromatic rings. The van der Waals surface area contributed by atoms with Gasteiger partial charge in [-0.05, 0) is 43.7 Å². The molecule has 0 spiro atoms. The molecule has 2 N–H and O–H groups in total. The number of nitrogens with zero attached hydrogens (tertiary/aromatic N) is 2. The number of nitrogens with one attached hydrogen (secondary N) is 2. The second-order valence-corrected chi connectivity index (χ2v) is 6.81. The Kier molecular flexibility index (Phi) is 5.30. The average molecular weight is 326 g/mol. The lowest BCUT2D eigenvalue weighted by Gasteiger charge is -2.20. The molecule has 3 rings (SSSR count). The number of carbonyl (C=O) groups excluding carboxylic acids is 1. The Balaban J connectivity index is 1.47. The van der Waals surface area contributed by atoms with Crippen LogP contribution in [0.3, 0.4) is 0 Å². The van der Waals surface area contributed by atoms with E-state index in [0.29, 0.717) is 12.5 Å². The fraction of sp³-hybridized carbons (Fsp3) is 0.474. The second kappa shape index (κ2) is 7.62. The zero-order valence-corrected chi connectivity index (χ0v) is 14.4. The first-order valence-electron chi connectivity index (χ1n) is 8.68. The predicted octanol–water partition coefficient (Wildman–Crippen LogP) is 2.44. The van der Waals surface area contributed by atoms with E-state index >= 15 is 0 Å². The largest absolute Gasteiger partial charge is 0.348 e. The SMILES string of the molecule is Cc1cnn(CC(C)NCC(=O)NC(c2ccccc2)C2CC2)c1. The minimum atomic E-state index is 0.0549. The molecule has 1 fully saturated rings. The van der Waals surface area contributed by atoms with E-state index in [1.807, 2.05) is 42.2 Å². The van der Waals surface area contributed by atoms with Crippen molar-refractivity contribution in [2.24, 2.45) is 5.92 Å². The van der Waals surface area contributed by atoms with E-state index in [1.165, 1.54) is 18.4 Å². The van der Waals surface area contributed by atoms with Crippen molar-refractivity contribution in [2.75, 3.05) is 6.54 Å². The summed E-state index contributed by atoms with van der Waals surface area (Å²) >= 11 is 0. The quantitative estimate of drug-likeness (QED) is 0.783. The topological polar surface area (TPSA) is 59.0 Å². The normalized spacial score (nSPS) is 16.6. The van der Waals surface area contributed by atoms with Crippen LogP contribution in [0.15, 0.2) is 42.7 Å². The van der Waals surface area contributed by atoms with Crippen LogP contribution < -0.4 is 10.6 Å². The van der Waals surface area contributed by atoms with Crippen molar-refractivity contribution in [2.45, 2.75) is 45.3 Å². The monoisotopic (exact) mass is 326 g/mol. The van der Waals surface area contributed by atoms with Crippen LogP contribution in [-0.2, 0) is 11.3 Å². The number of aromatic nitrogens is 2. The molecular formula is C19H26N4O. The Morgan fingerprint density at radius 3 is 2.71 bits per heavy atom. The fourth-order valence-corrected chi connectivity index (χ4v) is 2.97. The molecule has 1 amide bonds. The summed E-state index contributed by atoms with van der Waals surface area (Å²) < 4.78 is 1.90. The van der Waals surface area contributed by atoms with Gasteiger partial charge in [-0.1, -0.05) is 30.3 Å². The summed E-state index contributed by atoms with van der Waals surface area (Å²) in [5.41, 5.74) is 2.35. The molecule has 1 aliphatic carbocycles. The van der Waals surface area contributed by atoms with Gasteiger partial charge in [0, 0.05) is 12.2 Å². The van der Waals surface area contributed by atoms with Gasteiger partial charge in [0.15, 0.2) is 0 Å². The van der Waals surface area contributed by atoms with Crippen molar-refractivity contribution in [3.05, 3.63) is 53.9 Å². The van der Waals surface area contributed by atoms with Gasteiger partial charge in [-0.2, -0.15) is 5.10 Å². The van der Waals surface area contributed by atoms with Gasteiger partial charge >= 0.3 is 0 Å². The molecule has 0 radical (unpaired) electrons. The third-order valence-electron chi connectivity index (χ3n) is 4.40. The zero-order valence-electron chi connectivity index (χ0n) is 14.4. The number of hydrogen-bond donors (Lipinski definition) is 2. The minimum absolute atomic E-state index is 0.0549. The Morgan fingerprint density at radius 2 is 2.08 bits per heavy atom. The van der Waals surface area contributed by atoms with Crippen LogP contribution in [0.25, 0.3) is 0 Å². The molecular weight excluding hydrogens is 300 g/mol. The van der Waals surface area contributed by atoms with E-state index in [1.54, 1.807) is 0 Å². The van der Waals surface area contributed by atoms with Crippen LogP contribution in [0, 0.1) is 12.8 Å². The molecule has 1 aliphatic rings.